The molecule has 0 fully saturated rings. The summed E-state index contributed by atoms with van der Waals surface area (Å²) in [4.78, 5) is 4.55. The van der Waals surface area contributed by atoms with Crippen LogP contribution in [0.25, 0.3) is 11.4 Å². The lowest BCUT2D eigenvalue weighted by Crippen LogP contribution is -2.23. The van der Waals surface area contributed by atoms with Crippen molar-refractivity contribution in [3.63, 3.8) is 0 Å². The van der Waals surface area contributed by atoms with Gasteiger partial charge in [-0.25, -0.2) is 4.98 Å². The van der Waals surface area contributed by atoms with Crippen LogP contribution in [-0.2, 0) is 6.61 Å². The molecular weight excluding hydrogens is 380 g/mol. The van der Waals surface area contributed by atoms with Gasteiger partial charge in [0.25, 0.3) is 0 Å². The Bertz CT molecular complexity index is 948. The van der Waals surface area contributed by atoms with Crippen molar-refractivity contribution in [2.45, 2.75) is 46.8 Å². The molecule has 142 valence electrons. The van der Waals surface area contributed by atoms with Crippen molar-refractivity contribution in [3.05, 3.63) is 57.6 Å². The van der Waals surface area contributed by atoms with Crippen LogP contribution in [0.15, 0.2) is 36.4 Å². The second-order valence-electron chi connectivity index (χ2n) is 7.41. The molecule has 3 rings (SSSR count). The van der Waals surface area contributed by atoms with Gasteiger partial charge in [0, 0.05) is 10.6 Å². The second kappa shape index (κ2) is 7.87. The maximum Gasteiger partial charge on any atom is 0.173 e. The van der Waals surface area contributed by atoms with Crippen LogP contribution in [0.5, 0.6) is 11.5 Å². The van der Waals surface area contributed by atoms with Crippen molar-refractivity contribution in [3.8, 4) is 22.9 Å². The van der Waals surface area contributed by atoms with Gasteiger partial charge in [-0.15, -0.1) is 0 Å². The van der Waals surface area contributed by atoms with E-state index in [-0.39, 0.29) is 5.60 Å². The first-order chi connectivity index (χ1) is 12.7. The quantitative estimate of drug-likeness (QED) is 0.507. The van der Waals surface area contributed by atoms with Gasteiger partial charge in [-0.1, -0.05) is 23.7 Å². The Morgan fingerprint density at radius 2 is 1.81 bits per heavy atom. The van der Waals surface area contributed by atoms with E-state index >= 15 is 0 Å². The molecule has 0 aliphatic rings. The molecule has 0 radical (unpaired) electrons. The molecule has 0 amide bonds. The summed E-state index contributed by atoms with van der Waals surface area (Å²) < 4.78 is 16.2. The van der Waals surface area contributed by atoms with Gasteiger partial charge in [-0.2, -0.15) is 4.37 Å². The summed E-state index contributed by atoms with van der Waals surface area (Å²) in [6, 6.07) is 11.7. The molecule has 27 heavy (non-hydrogen) atoms. The van der Waals surface area contributed by atoms with E-state index in [9.17, 15) is 0 Å². The van der Waals surface area contributed by atoms with Gasteiger partial charge in [0.2, 0.25) is 0 Å². The first-order valence-electron chi connectivity index (χ1n) is 8.73. The zero-order chi connectivity index (χ0) is 19.6. The van der Waals surface area contributed by atoms with Crippen LogP contribution in [0.2, 0.25) is 5.02 Å². The number of hydrogen-bond donors (Lipinski definition) is 0. The molecule has 0 atom stereocenters. The third kappa shape index (κ3) is 5.21. The molecular formula is C21H23ClN2O2S. The molecule has 0 bridgehead atoms. The molecule has 1 heterocycles. The number of ether oxygens (including phenoxy) is 2. The first kappa shape index (κ1) is 19.6. The molecule has 0 N–H and O–H groups in total. The summed E-state index contributed by atoms with van der Waals surface area (Å²) in [7, 11) is 0. The van der Waals surface area contributed by atoms with Crippen LogP contribution >= 0.6 is 23.1 Å². The van der Waals surface area contributed by atoms with Crippen molar-refractivity contribution >= 4 is 23.1 Å². The molecule has 2 aromatic carbocycles. The number of nitrogens with zero attached hydrogens (tertiary/aromatic N) is 2. The highest BCUT2D eigenvalue weighted by Crippen LogP contribution is 2.28. The van der Waals surface area contributed by atoms with E-state index < -0.39 is 0 Å². The van der Waals surface area contributed by atoms with Crippen molar-refractivity contribution in [2.24, 2.45) is 0 Å². The topological polar surface area (TPSA) is 44.2 Å². The van der Waals surface area contributed by atoms with Crippen molar-refractivity contribution < 1.29 is 9.47 Å². The highest BCUT2D eigenvalue weighted by Gasteiger charge is 2.14. The SMILES string of the molecule is Cc1ccc(-c2nsc(COc3ccc(OC(C)(C)C)c(C)c3)n2)cc1Cl. The van der Waals surface area contributed by atoms with E-state index in [0.29, 0.717) is 17.5 Å². The van der Waals surface area contributed by atoms with Gasteiger partial charge >= 0.3 is 0 Å². The largest absolute Gasteiger partial charge is 0.488 e. The summed E-state index contributed by atoms with van der Waals surface area (Å²) in [5.41, 5.74) is 2.75. The Kier molecular flexibility index (Phi) is 5.72. The summed E-state index contributed by atoms with van der Waals surface area (Å²) >= 11 is 7.53. The van der Waals surface area contributed by atoms with Crippen LogP contribution < -0.4 is 9.47 Å². The zero-order valence-electron chi connectivity index (χ0n) is 16.2. The summed E-state index contributed by atoms with van der Waals surface area (Å²) in [5.74, 6) is 2.32. The molecule has 0 unspecified atom stereocenters. The van der Waals surface area contributed by atoms with Gasteiger partial charge < -0.3 is 9.47 Å². The molecule has 3 aromatic rings. The molecule has 0 aliphatic carbocycles. The average molecular weight is 403 g/mol. The smallest absolute Gasteiger partial charge is 0.173 e. The summed E-state index contributed by atoms with van der Waals surface area (Å²) in [6.07, 6.45) is 0. The Morgan fingerprint density at radius 1 is 1.04 bits per heavy atom. The molecule has 1 aromatic heterocycles. The van der Waals surface area contributed by atoms with Crippen LogP contribution in [-0.4, -0.2) is 15.0 Å². The van der Waals surface area contributed by atoms with E-state index in [1.807, 2.05) is 71.0 Å². The third-order valence-electron chi connectivity index (χ3n) is 3.82. The highest BCUT2D eigenvalue weighted by molar-refractivity contribution is 7.05. The Morgan fingerprint density at radius 3 is 2.48 bits per heavy atom. The zero-order valence-corrected chi connectivity index (χ0v) is 17.7. The standard InChI is InChI=1S/C21H23ClN2O2S/c1-13-6-7-15(11-17(13)22)20-23-19(27-24-20)12-25-16-8-9-18(14(2)10-16)26-21(3,4)5/h6-11H,12H2,1-5H3. The fourth-order valence-electron chi connectivity index (χ4n) is 2.46. The monoisotopic (exact) mass is 402 g/mol. The molecule has 0 spiro atoms. The van der Waals surface area contributed by atoms with Crippen LogP contribution in [0, 0.1) is 13.8 Å². The molecule has 6 heteroatoms. The van der Waals surface area contributed by atoms with Crippen LogP contribution in [0.1, 0.15) is 36.9 Å². The fourth-order valence-corrected chi connectivity index (χ4v) is 3.22. The lowest BCUT2D eigenvalue weighted by Gasteiger charge is -2.22. The van der Waals surface area contributed by atoms with E-state index in [4.69, 9.17) is 21.1 Å². The predicted molar refractivity (Wildman–Crippen MR) is 111 cm³/mol. The number of benzene rings is 2. The van der Waals surface area contributed by atoms with E-state index in [1.165, 1.54) is 11.5 Å². The first-order valence-corrected chi connectivity index (χ1v) is 9.88. The van der Waals surface area contributed by atoms with E-state index in [0.717, 1.165) is 33.2 Å². The maximum atomic E-state index is 6.19. The van der Waals surface area contributed by atoms with E-state index in [2.05, 4.69) is 9.36 Å². The van der Waals surface area contributed by atoms with Gasteiger partial charge in [-0.3, -0.25) is 0 Å². The average Bonchev–Trinajstić information content (AvgIpc) is 3.05. The number of hydrogen-bond acceptors (Lipinski definition) is 5. The lowest BCUT2D eigenvalue weighted by molar-refractivity contribution is 0.129. The van der Waals surface area contributed by atoms with Crippen molar-refractivity contribution in [1.29, 1.82) is 0 Å². The van der Waals surface area contributed by atoms with E-state index in [1.54, 1.807) is 0 Å². The van der Waals surface area contributed by atoms with Gasteiger partial charge in [0.15, 0.2) is 10.8 Å². The number of aryl methyl sites for hydroxylation is 2. The number of aromatic nitrogens is 2. The minimum absolute atomic E-state index is 0.227. The fraction of sp³-hybridized carbons (Fsp3) is 0.333. The molecule has 4 nitrogen and oxygen atoms in total. The highest BCUT2D eigenvalue weighted by atomic mass is 35.5. The molecule has 0 saturated heterocycles. The summed E-state index contributed by atoms with van der Waals surface area (Å²) in [6.45, 7) is 10.5. The number of halogens is 1. The van der Waals surface area contributed by atoms with Crippen LogP contribution in [0.3, 0.4) is 0 Å². The Balaban J connectivity index is 1.66. The Labute approximate surface area is 169 Å². The normalized spacial score (nSPS) is 11.5. The molecule has 0 saturated carbocycles. The lowest BCUT2D eigenvalue weighted by atomic mass is 10.1. The second-order valence-corrected chi connectivity index (χ2v) is 8.65. The Hall–Kier alpha value is -2.11. The van der Waals surface area contributed by atoms with Gasteiger partial charge in [-0.05, 0) is 81.5 Å². The number of rotatable bonds is 5. The minimum Gasteiger partial charge on any atom is -0.488 e. The minimum atomic E-state index is -0.227. The maximum absolute atomic E-state index is 6.19. The van der Waals surface area contributed by atoms with Crippen molar-refractivity contribution in [2.75, 3.05) is 0 Å². The predicted octanol–water partition coefficient (Wildman–Crippen LogP) is 6.23. The van der Waals surface area contributed by atoms with Gasteiger partial charge in [0.05, 0.1) is 0 Å². The summed E-state index contributed by atoms with van der Waals surface area (Å²) in [5, 5.41) is 1.53. The van der Waals surface area contributed by atoms with Crippen LogP contribution in [0.4, 0.5) is 0 Å². The molecule has 0 aliphatic heterocycles. The van der Waals surface area contributed by atoms with Gasteiger partial charge in [0.1, 0.15) is 23.7 Å². The van der Waals surface area contributed by atoms with Crippen molar-refractivity contribution in [1.82, 2.24) is 9.36 Å². The third-order valence-corrected chi connectivity index (χ3v) is 4.91.